The van der Waals surface area contributed by atoms with E-state index in [0.29, 0.717) is 6.54 Å². The maximum Gasteiger partial charge on any atom is 0.123 e. The van der Waals surface area contributed by atoms with Crippen molar-refractivity contribution in [2.45, 2.75) is 6.42 Å². The predicted octanol–water partition coefficient (Wildman–Crippen LogP) is 1.72. The quantitative estimate of drug-likeness (QED) is 0.801. The highest BCUT2D eigenvalue weighted by Gasteiger charge is 2.02. The fourth-order valence-electron chi connectivity index (χ4n) is 1.40. The van der Waals surface area contributed by atoms with Gasteiger partial charge in [0.15, 0.2) is 0 Å². The number of nitrogens with two attached hydrogens (primary N) is 1. The molecule has 0 radical (unpaired) electrons. The van der Waals surface area contributed by atoms with E-state index >= 15 is 0 Å². The maximum absolute atomic E-state index is 12.7. The molecule has 0 saturated carbocycles. The molecule has 0 amide bonds. The molecule has 0 aliphatic heterocycles. The number of nitrogens with zero attached hydrogens (tertiary/aromatic N) is 1. The fraction of sp³-hybridized carbons (Fsp3) is 0.182. The Balaban J connectivity index is 2.25. The van der Waals surface area contributed by atoms with Crippen LogP contribution in [0.2, 0.25) is 0 Å². The van der Waals surface area contributed by atoms with E-state index in [4.69, 9.17) is 5.73 Å². The van der Waals surface area contributed by atoms with Crippen LogP contribution in [0, 0.1) is 5.82 Å². The molecule has 2 aromatic rings. The first-order chi connectivity index (χ1) is 7.29. The Kier molecular flexibility index (Phi) is 2.78. The molecule has 3 nitrogen and oxygen atoms in total. The van der Waals surface area contributed by atoms with Crippen LogP contribution >= 0.6 is 0 Å². The van der Waals surface area contributed by atoms with Gasteiger partial charge in [-0.3, -0.25) is 0 Å². The van der Waals surface area contributed by atoms with Gasteiger partial charge in [0.05, 0.1) is 11.9 Å². The molecule has 0 aliphatic rings. The second-order valence-electron chi connectivity index (χ2n) is 3.29. The number of hydrogen-bond acceptors (Lipinski definition) is 2. The Hall–Kier alpha value is -1.68. The van der Waals surface area contributed by atoms with Gasteiger partial charge in [0, 0.05) is 6.42 Å². The van der Waals surface area contributed by atoms with Crippen LogP contribution in [0.1, 0.15) is 5.82 Å². The molecular weight excluding hydrogens is 193 g/mol. The molecule has 0 aliphatic carbocycles. The molecule has 0 atom stereocenters. The number of halogens is 1. The van der Waals surface area contributed by atoms with E-state index in [2.05, 4.69) is 9.97 Å². The van der Waals surface area contributed by atoms with Crippen molar-refractivity contribution in [2.75, 3.05) is 6.54 Å². The van der Waals surface area contributed by atoms with Gasteiger partial charge >= 0.3 is 0 Å². The number of hydrogen-bond donors (Lipinski definition) is 2. The molecule has 0 spiro atoms. The molecule has 0 fully saturated rings. The lowest BCUT2D eigenvalue weighted by Gasteiger charge is -1.96. The van der Waals surface area contributed by atoms with Crippen LogP contribution in [0.4, 0.5) is 4.39 Å². The molecule has 78 valence electrons. The summed E-state index contributed by atoms with van der Waals surface area (Å²) < 4.78 is 12.7. The number of rotatable bonds is 3. The smallest absolute Gasteiger partial charge is 0.123 e. The van der Waals surface area contributed by atoms with E-state index in [0.717, 1.165) is 23.5 Å². The predicted molar refractivity (Wildman–Crippen MR) is 56.7 cm³/mol. The van der Waals surface area contributed by atoms with Crippen molar-refractivity contribution in [2.24, 2.45) is 5.73 Å². The lowest BCUT2D eigenvalue weighted by Crippen LogP contribution is -2.03. The Morgan fingerprint density at radius 3 is 2.67 bits per heavy atom. The summed E-state index contributed by atoms with van der Waals surface area (Å²) >= 11 is 0. The second kappa shape index (κ2) is 4.23. The molecule has 0 saturated heterocycles. The molecule has 4 heteroatoms. The molecule has 3 N–H and O–H groups in total. The van der Waals surface area contributed by atoms with E-state index in [1.807, 2.05) is 0 Å². The van der Waals surface area contributed by atoms with Gasteiger partial charge in [-0.05, 0) is 36.4 Å². The Morgan fingerprint density at radius 1 is 1.27 bits per heavy atom. The summed E-state index contributed by atoms with van der Waals surface area (Å²) in [5, 5.41) is 0. The third-order valence-corrected chi connectivity index (χ3v) is 2.16. The first-order valence-electron chi connectivity index (χ1n) is 4.79. The number of H-pyrrole nitrogens is 1. The molecular formula is C11H12FN3. The van der Waals surface area contributed by atoms with Crippen LogP contribution in [-0.2, 0) is 6.42 Å². The Labute approximate surface area is 87.2 Å². The molecule has 0 bridgehead atoms. The normalized spacial score (nSPS) is 10.5. The third-order valence-electron chi connectivity index (χ3n) is 2.16. The van der Waals surface area contributed by atoms with Crippen molar-refractivity contribution in [1.82, 2.24) is 9.97 Å². The van der Waals surface area contributed by atoms with Gasteiger partial charge in [-0.25, -0.2) is 9.37 Å². The van der Waals surface area contributed by atoms with E-state index in [-0.39, 0.29) is 5.82 Å². The fourth-order valence-corrected chi connectivity index (χ4v) is 1.40. The van der Waals surface area contributed by atoms with Gasteiger partial charge in [-0.15, -0.1) is 0 Å². The molecule has 0 unspecified atom stereocenters. The van der Waals surface area contributed by atoms with Crippen molar-refractivity contribution < 1.29 is 4.39 Å². The highest BCUT2D eigenvalue weighted by atomic mass is 19.1. The van der Waals surface area contributed by atoms with Crippen LogP contribution in [-0.4, -0.2) is 16.5 Å². The standard InChI is InChI=1S/C11H12FN3/c12-9-3-1-8(2-4-9)10-7-14-11(15-10)5-6-13/h1-4,7H,5-6,13H2,(H,14,15). The van der Waals surface area contributed by atoms with E-state index in [1.54, 1.807) is 18.3 Å². The first-order valence-corrected chi connectivity index (χ1v) is 4.79. The number of nitrogens with one attached hydrogen (secondary N) is 1. The average molecular weight is 205 g/mol. The summed E-state index contributed by atoms with van der Waals surface area (Å²) in [6.07, 6.45) is 2.46. The van der Waals surface area contributed by atoms with Gasteiger partial charge in [-0.1, -0.05) is 0 Å². The van der Waals surface area contributed by atoms with Crippen LogP contribution in [0.25, 0.3) is 11.3 Å². The lowest BCUT2D eigenvalue weighted by molar-refractivity contribution is 0.628. The van der Waals surface area contributed by atoms with Crippen LogP contribution in [0.5, 0.6) is 0 Å². The van der Waals surface area contributed by atoms with Gasteiger partial charge < -0.3 is 10.7 Å². The van der Waals surface area contributed by atoms with E-state index in [1.165, 1.54) is 12.1 Å². The molecule has 1 aromatic heterocycles. The van der Waals surface area contributed by atoms with Crippen molar-refractivity contribution in [1.29, 1.82) is 0 Å². The zero-order valence-corrected chi connectivity index (χ0v) is 8.20. The highest BCUT2D eigenvalue weighted by molar-refractivity contribution is 5.58. The number of benzene rings is 1. The van der Waals surface area contributed by atoms with Gasteiger partial charge in [-0.2, -0.15) is 0 Å². The second-order valence-corrected chi connectivity index (χ2v) is 3.29. The summed E-state index contributed by atoms with van der Waals surface area (Å²) in [5.41, 5.74) is 7.23. The molecule has 15 heavy (non-hydrogen) atoms. The minimum atomic E-state index is -0.236. The topological polar surface area (TPSA) is 54.7 Å². The lowest BCUT2D eigenvalue weighted by atomic mass is 10.2. The van der Waals surface area contributed by atoms with Gasteiger partial charge in [0.2, 0.25) is 0 Å². The molecule has 1 aromatic carbocycles. The highest BCUT2D eigenvalue weighted by Crippen LogP contribution is 2.17. The number of imidazole rings is 1. The van der Waals surface area contributed by atoms with Crippen molar-refractivity contribution in [3.05, 3.63) is 42.1 Å². The minimum Gasteiger partial charge on any atom is -0.342 e. The summed E-state index contributed by atoms with van der Waals surface area (Å²) in [6, 6.07) is 6.29. The first kappa shape index (κ1) is 9.86. The van der Waals surface area contributed by atoms with Crippen molar-refractivity contribution in [3.8, 4) is 11.3 Å². The average Bonchev–Trinajstić information content (AvgIpc) is 2.68. The summed E-state index contributed by atoms with van der Waals surface area (Å²) in [5.74, 6) is 0.622. The SMILES string of the molecule is NCCc1ncc(-c2ccc(F)cc2)[nH]1. The number of aromatic nitrogens is 2. The van der Waals surface area contributed by atoms with Crippen molar-refractivity contribution >= 4 is 0 Å². The maximum atomic E-state index is 12.7. The molecule has 1 heterocycles. The monoisotopic (exact) mass is 205 g/mol. The zero-order chi connectivity index (χ0) is 10.7. The Bertz CT molecular complexity index is 433. The van der Waals surface area contributed by atoms with Gasteiger partial charge in [0.25, 0.3) is 0 Å². The van der Waals surface area contributed by atoms with E-state index in [9.17, 15) is 4.39 Å². The minimum absolute atomic E-state index is 0.236. The van der Waals surface area contributed by atoms with Gasteiger partial charge in [0.1, 0.15) is 11.6 Å². The summed E-state index contributed by atoms with van der Waals surface area (Å²) in [7, 11) is 0. The number of aromatic amines is 1. The van der Waals surface area contributed by atoms with E-state index < -0.39 is 0 Å². The van der Waals surface area contributed by atoms with Crippen molar-refractivity contribution in [3.63, 3.8) is 0 Å². The van der Waals surface area contributed by atoms with Crippen LogP contribution in [0.3, 0.4) is 0 Å². The van der Waals surface area contributed by atoms with Crippen LogP contribution < -0.4 is 5.73 Å². The third kappa shape index (κ3) is 2.22. The largest absolute Gasteiger partial charge is 0.342 e. The molecule has 2 rings (SSSR count). The summed E-state index contributed by atoms with van der Waals surface area (Å²) in [4.78, 5) is 7.31. The zero-order valence-electron chi connectivity index (χ0n) is 8.20. The van der Waals surface area contributed by atoms with Crippen LogP contribution in [0.15, 0.2) is 30.5 Å². The summed E-state index contributed by atoms with van der Waals surface area (Å²) in [6.45, 7) is 0.566. The Morgan fingerprint density at radius 2 is 2.00 bits per heavy atom.